The molecule has 0 amide bonds. The van der Waals surface area contributed by atoms with Crippen molar-refractivity contribution < 1.29 is 0 Å². The summed E-state index contributed by atoms with van der Waals surface area (Å²) in [5.41, 5.74) is 1.02. The first-order valence-corrected chi connectivity index (χ1v) is 6.18. The van der Waals surface area contributed by atoms with E-state index in [1.165, 1.54) is 0 Å². The normalized spacial score (nSPS) is 10.3. The standard InChI is InChI=1S/C9H9IN4S/c1-14(2)9-13-12-8(15-9)6-3-7(10)5-11-4-6/h3-5H,1-2H3. The highest BCUT2D eigenvalue weighted by Gasteiger charge is 2.08. The van der Waals surface area contributed by atoms with Gasteiger partial charge in [-0.25, -0.2) is 0 Å². The summed E-state index contributed by atoms with van der Waals surface area (Å²) in [7, 11) is 3.91. The van der Waals surface area contributed by atoms with Crippen molar-refractivity contribution >= 4 is 39.1 Å². The number of pyridine rings is 1. The fourth-order valence-electron chi connectivity index (χ4n) is 1.04. The second-order valence-corrected chi connectivity index (χ2v) is 5.38. The van der Waals surface area contributed by atoms with Crippen molar-refractivity contribution in [3.63, 3.8) is 0 Å². The molecule has 0 radical (unpaired) electrons. The van der Waals surface area contributed by atoms with Crippen LogP contribution in [0.5, 0.6) is 0 Å². The van der Waals surface area contributed by atoms with Crippen molar-refractivity contribution in [1.82, 2.24) is 15.2 Å². The smallest absolute Gasteiger partial charge is 0.208 e. The Morgan fingerprint density at radius 1 is 1.27 bits per heavy atom. The maximum Gasteiger partial charge on any atom is 0.208 e. The quantitative estimate of drug-likeness (QED) is 0.792. The second-order valence-electron chi connectivity index (χ2n) is 3.18. The molecule has 0 fully saturated rings. The highest BCUT2D eigenvalue weighted by Crippen LogP contribution is 2.27. The lowest BCUT2D eigenvalue weighted by Gasteiger charge is -2.03. The Bertz CT molecular complexity index is 469. The van der Waals surface area contributed by atoms with Crippen molar-refractivity contribution in [2.75, 3.05) is 19.0 Å². The molecule has 0 atom stereocenters. The maximum absolute atomic E-state index is 4.13. The zero-order chi connectivity index (χ0) is 10.8. The van der Waals surface area contributed by atoms with E-state index < -0.39 is 0 Å². The molecule has 0 aliphatic heterocycles. The molecule has 0 N–H and O–H groups in total. The molecule has 0 unspecified atom stereocenters. The summed E-state index contributed by atoms with van der Waals surface area (Å²) in [4.78, 5) is 6.08. The minimum Gasteiger partial charge on any atom is -0.353 e. The molecule has 2 aromatic heterocycles. The number of rotatable bonds is 2. The van der Waals surface area contributed by atoms with E-state index in [1.54, 1.807) is 11.3 Å². The molecule has 0 saturated heterocycles. The Morgan fingerprint density at radius 2 is 2.07 bits per heavy atom. The Kier molecular flexibility index (Phi) is 3.15. The van der Waals surface area contributed by atoms with Gasteiger partial charge < -0.3 is 4.90 Å². The van der Waals surface area contributed by atoms with Gasteiger partial charge in [-0.2, -0.15) is 0 Å². The lowest BCUT2D eigenvalue weighted by Crippen LogP contribution is -2.07. The van der Waals surface area contributed by atoms with Crippen LogP contribution in [-0.2, 0) is 0 Å². The lowest BCUT2D eigenvalue weighted by molar-refractivity contribution is 1.02. The van der Waals surface area contributed by atoms with E-state index in [1.807, 2.05) is 37.5 Å². The van der Waals surface area contributed by atoms with E-state index in [9.17, 15) is 0 Å². The fourth-order valence-corrected chi connectivity index (χ4v) is 2.29. The zero-order valence-electron chi connectivity index (χ0n) is 8.31. The number of hydrogen-bond donors (Lipinski definition) is 0. The van der Waals surface area contributed by atoms with Crippen molar-refractivity contribution in [1.29, 1.82) is 0 Å². The van der Waals surface area contributed by atoms with Crippen LogP contribution in [0.3, 0.4) is 0 Å². The summed E-state index contributed by atoms with van der Waals surface area (Å²) in [6.07, 6.45) is 3.63. The summed E-state index contributed by atoms with van der Waals surface area (Å²) >= 11 is 3.80. The minimum atomic E-state index is 0.906. The van der Waals surface area contributed by atoms with Gasteiger partial charge in [0.15, 0.2) is 5.01 Å². The van der Waals surface area contributed by atoms with Gasteiger partial charge in [0.25, 0.3) is 0 Å². The van der Waals surface area contributed by atoms with E-state index in [0.29, 0.717) is 0 Å². The number of hydrogen-bond acceptors (Lipinski definition) is 5. The molecule has 4 nitrogen and oxygen atoms in total. The van der Waals surface area contributed by atoms with Crippen LogP contribution in [0, 0.1) is 3.57 Å². The van der Waals surface area contributed by atoms with Crippen LogP contribution in [0.25, 0.3) is 10.6 Å². The van der Waals surface area contributed by atoms with Crippen molar-refractivity contribution in [2.45, 2.75) is 0 Å². The van der Waals surface area contributed by atoms with E-state index in [0.717, 1.165) is 19.3 Å². The summed E-state index contributed by atoms with van der Waals surface area (Å²) in [6, 6.07) is 2.05. The maximum atomic E-state index is 4.13. The predicted octanol–water partition coefficient (Wildman–Crippen LogP) is 2.27. The molecule has 0 aromatic carbocycles. The van der Waals surface area contributed by atoms with Crippen LogP contribution in [0.1, 0.15) is 0 Å². The van der Waals surface area contributed by atoms with Gasteiger partial charge in [-0.15, -0.1) is 10.2 Å². The van der Waals surface area contributed by atoms with Crippen LogP contribution in [0.15, 0.2) is 18.5 Å². The third-order valence-electron chi connectivity index (χ3n) is 1.75. The molecule has 0 saturated carbocycles. The first-order valence-electron chi connectivity index (χ1n) is 4.28. The SMILES string of the molecule is CN(C)c1nnc(-c2cncc(I)c2)s1. The Hall–Kier alpha value is -0.760. The third-order valence-corrected chi connectivity index (χ3v) is 3.48. The fraction of sp³-hybridized carbons (Fsp3) is 0.222. The zero-order valence-corrected chi connectivity index (χ0v) is 11.3. The molecule has 0 spiro atoms. The molecule has 2 heterocycles. The lowest BCUT2D eigenvalue weighted by atomic mass is 10.3. The van der Waals surface area contributed by atoms with Gasteiger partial charge in [-0.05, 0) is 28.7 Å². The van der Waals surface area contributed by atoms with Crippen molar-refractivity contribution in [3.8, 4) is 10.6 Å². The predicted molar refractivity (Wildman–Crippen MR) is 70.2 cm³/mol. The van der Waals surface area contributed by atoms with Gasteiger partial charge >= 0.3 is 0 Å². The van der Waals surface area contributed by atoms with Crippen LogP contribution in [0.2, 0.25) is 0 Å². The average molecular weight is 332 g/mol. The summed E-state index contributed by atoms with van der Waals surface area (Å²) in [5.74, 6) is 0. The van der Waals surface area contributed by atoms with Gasteiger partial charge in [0.05, 0.1) is 0 Å². The molecule has 78 valence electrons. The number of halogens is 1. The molecule has 0 aliphatic rings. The molecule has 2 rings (SSSR count). The van der Waals surface area contributed by atoms with E-state index >= 15 is 0 Å². The highest BCUT2D eigenvalue weighted by molar-refractivity contribution is 14.1. The molecule has 0 bridgehead atoms. The summed E-state index contributed by atoms with van der Waals surface area (Å²) in [6.45, 7) is 0. The Balaban J connectivity index is 2.37. The van der Waals surface area contributed by atoms with Gasteiger partial charge in [-0.3, -0.25) is 4.98 Å². The number of aromatic nitrogens is 3. The van der Waals surface area contributed by atoms with Gasteiger partial charge in [0.1, 0.15) is 0 Å². The van der Waals surface area contributed by atoms with Crippen molar-refractivity contribution in [2.24, 2.45) is 0 Å². The largest absolute Gasteiger partial charge is 0.353 e. The first kappa shape index (κ1) is 10.7. The van der Waals surface area contributed by atoms with Crippen LogP contribution < -0.4 is 4.90 Å². The van der Waals surface area contributed by atoms with Gasteiger partial charge in [-0.1, -0.05) is 11.3 Å². The Morgan fingerprint density at radius 3 is 2.67 bits per heavy atom. The average Bonchev–Trinajstić information content (AvgIpc) is 2.66. The second kappa shape index (κ2) is 4.40. The summed E-state index contributed by atoms with van der Waals surface area (Å²) < 4.78 is 1.10. The molecule has 2 aromatic rings. The molecule has 6 heteroatoms. The van der Waals surface area contributed by atoms with E-state index in [-0.39, 0.29) is 0 Å². The van der Waals surface area contributed by atoms with Crippen molar-refractivity contribution in [3.05, 3.63) is 22.0 Å². The first-order chi connectivity index (χ1) is 7.16. The monoisotopic (exact) mass is 332 g/mol. The minimum absolute atomic E-state index is 0.906. The molecule has 0 aliphatic carbocycles. The molecular formula is C9H9IN4S. The number of nitrogens with zero attached hydrogens (tertiary/aromatic N) is 4. The van der Waals surface area contributed by atoms with Crippen LogP contribution in [0.4, 0.5) is 5.13 Å². The van der Waals surface area contributed by atoms with Gasteiger partial charge in [0, 0.05) is 35.6 Å². The van der Waals surface area contributed by atoms with E-state index in [2.05, 4.69) is 37.8 Å². The highest BCUT2D eigenvalue weighted by atomic mass is 127. The summed E-state index contributed by atoms with van der Waals surface area (Å²) in [5, 5.41) is 10.0. The van der Waals surface area contributed by atoms with Crippen LogP contribution in [-0.4, -0.2) is 29.3 Å². The number of anilines is 1. The van der Waals surface area contributed by atoms with Crippen LogP contribution >= 0.6 is 33.9 Å². The molecule has 15 heavy (non-hydrogen) atoms. The topological polar surface area (TPSA) is 41.9 Å². The van der Waals surface area contributed by atoms with E-state index in [4.69, 9.17) is 0 Å². The van der Waals surface area contributed by atoms with Gasteiger partial charge in [0.2, 0.25) is 5.13 Å². The molecular weight excluding hydrogens is 323 g/mol. The third kappa shape index (κ3) is 2.43. The Labute approximate surface area is 106 Å².